The molecule has 0 aromatic heterocycles. The molecule has 0 unspecified atom stereocenters. The molecule has 3 heteroatoms. The summed E-state index contributed by atoms with van der Waals surface area (Å²) in [7, 11) is 0. The van der Waals surface area contributed by atoms with Gasteiger partial charge < -0.3 is 4.84 Å². The normalized spacial score (nSPS) is 24.3. The maximum absolute atomic E-state index is 10.9. The van der Waals surface area contributed by atoms with E-state index in [1.807, 2.05) is 27.7 Å². The summed E-state index contributed by atoms with van der Waals surface area (Å²) in [6.07, 6.45) is 0.491. The molecule has 1 aliphatic heterocycles. The Balaban J connectivity index is 2.74. The SMILES string of the molecule is CC(C)N1OC(=O)CC1(C)C. The van der Waals surface area contributed by atoms with Gasteiger partial charge in [-0.05, 0) is 27.7 Å². The lowest BCUT2D eigenvalue weighted by atomic mass is 10.0. The standard InChI is InChI=1S/C8H15NO2/c1-6(2)9-8(3,4)5-7(10)11-9/h6H,5H2,1-4H3. The van der Waals surface area contributed by atoms with E-state index in [0.717, 1.165) is 0 Å². The molecule has 3 nitrogen and oxygen atoms in total. The van der Waals surface area contributed by atoms with Crippen LogP contribution in [0.25, 0.3) is 0 Å². The Bertz CT molecular complexity index is 175. The van der Waals surface area contributed by atoms with Gasteiger partial charge in [-0.2, -0.15) is 0 Å². The topological polar surface area (TPSA) is 29.5 Å². The summed E-state index contributed by atoms with van der Waals surface area (Å²) in [4.78, 5) is 15.9. The van der Waals surface area contributed by atoms with Crippen LogP contribution in [0.3, 0.4) is 0 Å². The van der Waals surface area contributed by atoms with E-state index < -0.39 is 0 Å². The van der Waals surface area contributed by atoms with Gasteiger partial charge >= 0.3 is 5.97 Å². The number of hydrogen-bond acceptors (Lipinski definition) is 3. The average Bonchev–Trinajstić information content (AvgIpc) is 2.04. The van der Waals surface area contributed by atoms with E-state index in [2.05, 4.69) is 0 Å². The summed E-state index contributed by atoms with van der Waals surface area (Å²) in [5.41, 5.74) is -0.134. The molecule has 1 rings (SSSR count). The van der Waals surface area contributed by atoms with Crippen LogP contribution in [0, 0.1) is 0 Å². The molecule has 0 N–H and O–H groups in total. The number of rotatable bonds is 1. The molecule has 1 heterocycles. The van der Waals surface area contributed by atoms with Crippen molar-refractivity contribution < 1.29 is 9.63 Å². The Labute approximate surface area is 67.3 Å². The second-order valence-corrected chi connectivity index (χ2v) is 3.87. The molecule has 0 spiro atoms. The van der Waals surface area contributed by atoms with Gasteiger partial charge in [0.1, 0.15) is 0 Å². The van der Waals surface area contributed by atoms with Crippen LogP contribution < -0.4 is 0 Å². The van der Waals surface area contributed by atoms with Gasteiger partial charge in [0.05, 0.1) is 12.0 Å². The molecule has 1 aliphatic rings. The van der Waals surface area contributed by atoms with Crippen molar-refractivity contribution in [2.75, 3.05) is 0 Å². The molecule has 0 aromatic carbocycles. The predicted molar refractivity (Wildman–Crippen MR) is 41.8 cm³/mol. The predicted octanol–water partition coefficient (Wildman–Crippen LogP) is 1.34. The highest BCUT2D eigenvalue weighted by molar-refractivity contribution is 5.72. The summed E-state index contributed by atoms with van der Waals surface area (Å²) in [5, 5.41) is 1.76. The third kappa shape index (κ3) is 1.53. The van der Waals surface area contributed by atoms with Gasteiger partial charge in [0.2, 0.25) is 0 Å². The van der Waals surface area contributed by atoms with Crippen LogP contribution >= 0.6 is 0 Å². The molecule has 0 atom stereocenters. The fourth-order valence-corrected chi connectivity index (χ4v) is 1.50. The third-order valence-electron chi connectivity index (χ3n) is 1.84. The van der Waals surface area contributed by atoms with Gasteiger partial charge in [0.25, 0.3) is 0 Å². The highest BCUT2D eigenvalue weighted by atomic mass is 16.7. The number of hydrogen-bond donors (Lipinski definition) is 0. The molecule has 0 radical (unpaired) electrons. The number of hydroxylamine groups is 2. The van der Waals surface area contributed by atoms with E-state index >= 15 is 0 Å². The zero-order valence-corrected chi connectivity index (χ0v) is 7.55. The van der Waals surface area contributed by atoms with Gasteiger partial charge in [-0.3, -0.25) is 4.79 Å². The minimum Gasteiger partial charge on any atom is -0.367 e. The fourth-order valence-electron chi connectivity index (χ4n) is 1.50. The van der Waals surface area contributed by atoms with Crippen LogP contribution in [0.15, 0.2) is 0 Å². The highest BCUT2D eigenvalue weighted by Gasteiger charge is 2.41. The van der Waals surface area contributed by atoms with E-state index in [1.54, 1.807) is 5.06 Å². The Morgan fingerprint density at radius 1 is 1.55 bits per heavy atom. The van der Waals surface area contributed by atoms with Crippen molar-refractivity contribution in [2.24, 2.45) is 0 Å². The molecule has 0 saturated carbocycles. The van der Waals surface area contributed by atoms with E-state index in [9.17, 15) is 4.79 Å². The summed E-state index contributed by atoms with van der Waals surface area (Å²) in [5.74, 6) is -0.122. The smallest absolute Gasteiger partial charge is 0.327 e. The van der Waals surface area contributed by atoms with Crippen molar-refractivity contribution in [1.82, 2.24) is 5.06 Å². The van der Waals surface area contributed by atoms with Crippen molar-refractivity contribution in [3.05, 3.63) is 0 Å². The maximum Gasteiger partial charge on any atom is 0.327 e. The lowest BCUT2D eigenvalue weighted by Gasteiger charge is -2.30. The second kappa shape index (κ2) is 2.48. The highest BCUT2D eigenvalue weighted by Crippen LogP contribution is 2.28. The van der Waals surface area contributed by atoms with Gasteiger partial charge in [-0.25, -0.2) is 0 Å². The Kier molecular flexibility index (Phi) is 1.92. The molecular formula is C8H15NO2. The molecule has 0 amide bonds. The largest absolute Gasteiger partial charge is 0.367 e. The first kappa shape index (κ1) is 8.53. The van der Waals surface area contributed by atoms with Crippen molar-refractivity contribution >= 4 is 5.97 Å². The summed E-state index contributed by atoms with van der Waals surface area (Å²) in [6.45, 7) is 8.05. The second-order valence-electron chi connectivity index (χ2n) is 3.87. The first-order chi connectivity index (χ1) is 4.93. The monoisotopic (exact) mass is 157 g/mol. The lowest BCUT2D eigenvalue weighted by Crippen LogP contribution is -2.41. The zero-order valence-electron chi connectivity index (χ0n) is 7.55. The number of carbonyl (C=O) groups is 1. The maximum atomic E-state index is 10.9. The Hall–Kier alpha value is -0.570. The van der Waals surface area contributed by atoms with Crippen LogP contribution in [0.2, 0.25) is 0 Å². The van der Waals surface area contributed by atoms with E-state index in [-0.39, 0.29) is 17.6 Å². The van der Waals surface area contributed by atoms with E-state index in [0.29, 0.717) is 6.42 Å². The molecule has 0 bridgehead atoms. The third-order valence-corrected chi connectivity index (χ3v) is 1.84. The quantitative estimate of drug-likeness (QED) is 0.575. The van der Waals surface area contributed by atoms with Crippen LogP contribution in [0.5, 0.6) is 0 Å². The minimum atomic E-state index is -0.134. The molecule has 0 aliphatic carbocycles. The summed E-state index contributed by atoms with van der Waals surface area (Å²) in [6, 6.07) is 0.261. The van der Waals surface area contributed by atoms with Crippen molar-refractivity contribution in [2.45, 2.75) is 45.7 Å². The van der Waals surface area contributed by atoms with Crippen molar-refractivity contribution in [3.8, 4) is 0 Å². The van der Waals surface area contributed by atoms with Crippen LogP contribution in [0.4, 0.5) is 0 Å². The number of carbonyl (C=O) groups excluding carboxylic acids is 1. The summed E-state index contributed by atoms with van der Waals surface area (Å²) >= 11 is 0. The minimum absolute atomic E-state index is 0.122. The molecule has 11 heavy (non-hydrogen) atoms. The molecule has 64 valence electrons. The van der Waals surface area contributed by atoms with Crippen molar-refractivity contribution in [1.29, 1.82) is 0 Å². The first-order valence-corrected chi connectivity index (χ1v) is 3.93. The van der Waals surface area contributed by atoms with E-state index in [1.165, 1.54) is 0 Å². The van der Waals surface area contributed by atoms with Crippen LogP contribution in [-0.2, 0) is 9.63 Å². The molecule has 1 saturated heterocycles. The van der Waals surface area contributed by atoms with Gasteiger partial charge in [0, 0.05) is 6.04 Å². The Morgan fingerprint density at radius 2 is 2.09 bits per heavy atom. The Morgan fingerprint density at radius 3 is 2.27 bits per heavy atom. The number of nitrogens with zero attached hydrogens (tertiary/aromatic N) is 1. The van der Waals surface area contributed by atoms with Gasteiger partial charge in [0.15, 0.2) is 0 Å². The zero-order chi connectivity index (χ0) is 8.65. The van der Waals surface area contributed by atoms with Crippen LogP contribution in [-0.4, -0.2) is 22.6 Å². The molecular weight excluding hydrogens is 142 g/mol. The first-order valence-electron chi connectivity index (χ1n) is 3.93. The van der Waals surface area contributed by atoms with Gasteiger partial charge in [-0.15, -0.1) is 5.06 Å². The van der Waals surface area contributed by atoms with E-state index in [4.69, 9.17) is 4.84 Å². The lowest BCUT2D eigenvalue weighted by molar-refractivity contribution is -0.193. The average molecular weight is 157 g/mol. The summed E-state index contributed by atoms with van der Waals surface area (Å²) < 4.78 is 0. The molecule has 0 aromatic rings. The van der Waals surface area contributed by atoms with Crippen molar-refractivity contribution in [3.63, 3.8) is 0 Å². The fraction of sp³-hybridized carbons (Fsp3) is 0.875. The molecule has 1 fully saturated rings. The van der Waals surface area contributed by atoms with Gasteiger partial charge in [-0.1, -0.05) is 0 Å². The van der Waals surface area contributed by atoms with Crippen LogP contribution in [0.1, 0.15) is 34.1 Å².